The van der Waals surface area contributed by atoms with Crippen LogP contribution in [0.15, 0.2) is 0 Å². The molecule has 3 saturated heterocycles. The van der Waals surface area contributed by atoms with Crippen LogP contribution in [0.4, 0.5) is 0 Å². The van der Waals surface area contributed by atoms with Crippen LogP contribution < -0.4 is 0 Å². The highest BCUT2D eigenvalue weighted by Gasteiger charge is 2.46. The van der Waals surface area contributed by atoms with Crippen LogP contribution in [0.25, 0.3) is 0 Å². The summed E-state index contributed by atoms with van der Waals surface area (Å²) < 4.78 is 63.6. The summed E-state index contributed by atoms with van der Waals surface area (Å²) in [6.07, 6.45) is -2.55. The Morgan fingerprint density at radius 2 is 1.26 bits per heavy atom. The quantitative estimate of drug-likeness (QED) is 0.201. The fourth-order valence-corrected chi connectivity index (χ4v) is 7.58. The summed E-state index contributed by atoms with van der Waals surface area (Å²) in [5.41, 5.74) is 0. The molecular weight excluding hydrogens is 567 g/mol. The van der Waals surface area contributed by atoms with Crippen molar-refractivity contribution < 1.29 is 50.8 Å². The lowest BCUT2D eigenvalue weighted by atomic mass is 9.86. The van der Waals surface area contributed by atoms with E-state index in [1.165, 1.54) is 14.2 Å². The van der Waals surface area contributed by atoms with E-state index in [1.807, 2.05) is 20.8 Å². The molecule has 0 N–H and O–H groups in total. The molecule has 218 valence electrons. The number of ether oxygens (including phenoxy) is 5. The third-order valence-corrected chi connectivity index (χ3v) is 10.9. The molecule has 0 aliphatic carbocycles. The Kier molecular flexibility index (Phi) is 13.7. The summed E-state index contributed by atoms with van der Waals surface area (Å²) in [6.45, 7) is 3.05. The lowest BCUT2D eigenvalue weighted by molar-refractivity contribution is -0.0331. The zero-order valence-electron chi connectivity index (χ0n) is 23.6. The second kappa shape index (κ2) is 15.5. The van der Waals surface area contributed by atoms with Gasteiger partial charge in [-0.15, -0.1) is 0 Å². The maximum atomic E-state index is 6.25. The van der Waals surface area contributed by atoms with Gasteiger partial charge in [0.25, 0.3) is 0 Å². The highest BCUT2D eigenvalue weighted by Crippen LogP contribution is 2.54. The van der Waals surface area contributed by atoms with Crippen molar-refractivity contribution in [2.75, 3.05) is 48.3 Å². The van der Waals surface area contributed by atoms with Crippen LogP contribution in [0.5, 0.6) is 0 Å². The Balaban J connectivity index is 1.60. The predicted molar refractivity (Wildman–Crippen MR) is 150 cm³/mol. The fourth-order valence-electron chi connectivity index (χ4n) is 4.85. The first-order chi connectivity index (χ1) is 18.5. The van der Waals surface area contributed by atoms with Gasteiger partial charge in [-0.2, -0.15) is 0 Å². The van der Waals surface area contributed by atoms with Crippen molar-refractivity contribution in [1.29, 1.82) is 0 Å². The highest BCUT2D eigenvalue weighted by molar-refractivity contribution is 8.07. The maximum Gasteiger partial charge on any atom is 0.332 e. The van der Waals surface area contributed by atoms with Crippen molar-refractivity contribution in [2.24, 2.45) is 17.8 Å². The number of methoxy groups -OCH3 is 2. The molecule has 3 aliphatic heterocycles. The first-order valence-electron chi connectivity index (χ1n) is 12.9. The average Bonchev–Trinajstić information content (AvgIpc) is 3.45. The van der Waals surface area contributed by atoms with Gasteiger partial charge in [0.05, 0.1) is 38.1 Å². The van der Waals surface area contributed by atoms with E-state index in [2.05, 4.69) is 0 Å². The second-order valence-electron chi connectivity index (χ2n) is 9.92. The Morgan fingerprint density at radius 3 is 1.77 bits per heavy atom. The Bertz CT molecular complexity index is 810. The summed E-state index contributed by atoms with van der Waals surface area (Å²) in [6, 6.07) is -1.56. The van der Waals surface area contributed by atoms with E-state index in [0.717, 1.165) is 0 Å². The smallest absolute Gasteiger partial charge is 0.332 e. The van der Waals surface area contributed by atoms with Crippen LogP contribution in [0.3, 0.4) is 0 Å². The van der Waals surface area contributed by atoms with Gasteiger partial charge in [0, 0.05) is 64.2 Å². The third kappa shape index (κ3) is 8.48. The minimum Gasteiger partial charge on any atom is -0.382 e. The Hall–Kier alpha value is 0.835. The largest absolute Gasteiger partial charge is 0.382 e. The van der Waals surface area contributed by atoms with Crippen LogP contribution >= 0.6 is 15.3 Å². The van der Waals surface area contributed by atoms with Gasteiger partial charge in [-0.1, -0.05) is 20.8 Å². The maximum absolute atomic E-state index is 6.25. The summed E-state index contributed by atoms with van der Waals surface area (Å²) in [7, 11) is 22.6. The molecule has 0 saturated carbocycles. The second-order valence-corrected chi connectivity index (χ2v) is 14.3. The minimum absolute atomic E-state index is 0.00936. The van der Waals surface area contributed by atoms with E-state index in [9.17, 15) is 0 Å². The van der Waals surface area contributed by atoms with Gasteiger partial charge in [-0.05, 0) is 11.8 Å². The Labute approximate surface area is 242 Å². The molecule has 17 heteroatoms. The van der Waals surface area contributed by atoms with Crippen LogP contribution in [0, 0.1) is 17.8 Å². The zero-order chi connectivity index (χ0) is 28.9. The topological polar surface area (TPSA) is 102 Å². The summed E-state index contributed by atoms with van der Waals surface area (Å²) >= 11 is 5.67. The zero-order valence-corrected chi connectivity index (χ0v) is 26.2. The first-order valence-corrected chi connectivity index (χ1v) is 16.5. The Morgan fingerprint density at radius 1 is 0.744 bits per heavy atom. The standard InChI is InChI=1S/C22H39B3O11P2S/c1-11-17(27-5)16(34-20(11)23)10-31-38(39,29-7)36-19-13(3)22(25)33-15(19)9-30-37(28-6)35-18-12(2)21(24)32-14(18)8-26-4/h11-22H,8-10H2,1-7H3/t11?,12?,13?,14-,15-,16-,17?,18?,19?,20-,21-,22-,37?,38?/m1/s1. The van der Waals surface area contributed by atoms with Crippen molar-refractivity contribution in [2.45, 2.75) is 75.4 Å². The van der Waals surface area contributed by atoms with Crippen LogP contribution in [0.2, 0.25) is 0 Å². The molecule has 3 fully saturated rings. The molecule has 3 aliphatic rings. The minimum atomic E-state index is -3.22. The van der Waals surface area contributed by atoms with Crippen molar-refractivity contribution in [1.82, 2.24) is 0 Å². The lowest BCUT2D eigenvalue weighted by Crippen LogP contribution is -2.34. The van der Waals surface area contributed by atoms with E-state index < -0.39 is 51.6 Å². The molecule has 8 unspecified atom stereocenters. The van der Waals surface area contributed by atoms with E-state index in [1.54, 1.807) is 14.2 Å². The molecule has 3 heterocycles. The van der Waals surface area contributed by atoms with Gasteiger partial charge in [0.15, 0.2) is 0 Å². The first kappa shape index (κ1) is 34.3. The molecule has 0 aromatic rings. The molecule has 0 aromatic heterocycles. The van der Waals surface area contributed by atoms with Gasteiger partial charge in [0.1, 0.15) is 41.9 Å². The van der Waals surface area contributed by atoms with Gasteiger partial charge in [-0.25, -0.2) is 0 Å². The molecule has 14 atom stereocenters. The molecular formula is C22H39B3O11P2S. The summed E-state index contributed by atoms with van der Waals surface area (Å²) in [5, 5.41) is 0. The number of hydrogen-bond donors (Lipinski definition) is 0. The number of rotatable bonds is 15. The molecule has 0 aromatic carbocycles. The van der Waals surface area contributed by atoms with Gasteiger partial charge in [-0.3, -0.25) is 0 Å². The van der Waals surface area contributed by atoms with Crippen LogP contribution in [0.1, 0.15) is 20.8 Å². The molecule has 3 rings (SSSR count). The van der Waals surface area contributed by atoms with Crippen LogP contribution in [-0.2, 0) is 62.6 Å². The summed E-state index contributed by atoms with van der Waals surface area (Å²) in [5.74, 6) is -0.334. The molecule has 0 bridgehead atoms. The van der Waals surface area contributed by atoms with E-state index in [0.29, 0.717) is 6.61 Å². The molecule has 0 spiro atoms. The van der Waals surface area contributed by atoms with Crippen molar-refractivity contribution in [3.63, 3.8) is 0 Å². The average molecular weight is 606 g/mol. The van der Waals surface area contributed by atoms with Crippen molar-refractivity contribution in [3.05, 3.63) is 0 Å². The van der Waals surface area contributed by atoms with Gasteiger partial charge < -0.3 is 50.8 Å². The SMILES string of the molecule is [B][C@@H]1O[C@H](COP(=S)(OC)OC2C(C)[C@H]([B])O[C@@H]2COP(OC)OC2C(C)[C@H]([B])O[C@@H]2COC)C(OC)C1C. The molecule has 11 nitrogen and oxygen atoms in total. The van der Waals surface area contributed by atoms with E-state index in [-0.39, 0.29) is 49.3 Å². The van der Waals surface area contributed by atoms with Gasteiger partial charge in [0.2, 0.25) is 0 Å². The third-order valence-electron chi connectivity index (χ3n) is 7.38. The highest BCUT2D eigenvalue weighted by atomic mass is 32.5. The van der Waals surface area contributed by atoms with Crippen LogP contribution in [-0.4, -0.2) is 126 Å². The number of hydrogen-bond acceptors (Lipinski definition) is 12. The van der Waals surface area contributed by atoms with E-state index >= 15 is 0 Å². The predicted octanol–water partition coefficient (Wildman–Crippen LogP) is 1.78. The normalized spacial score (nSPS) is 43.1. The fraction of sp³-hybridized carbons (Fsp3) is 1.00. The monoisotopic (exact) mass is 606 g/mol. The van der Waals surface area contributed by atoms with Crippen molar-refractivity contribution >= 4 is 50.7 Å². The molecule has 0 amide bonds. The van der Waals surface area contributed by atoms with E-state index in [4.69, 9.17) is 86.2 Å². The lowest BCUT2D eigenvalue weighted by Gasteiger charge is -2.30. The summed E-state index contributed by atoms with van der Waals surface area (Å²) in [4.78, 5) is 0. The van der Waals surface area contributed by atoms with Gasteiger partial charge >= 0.3 is 15.3 Å². The molecule has 39 heavy (non-hydrogen) atoms. The molecule has 6 radical (unpaired) electrons. The van der Waals surface area contributed by atoms with Crippen molar-refractivity contribution in [3.8, 4) is 0 Å².